The number of hydrogen-bond donors (Lipinski definition) is 1. The standard InChI is InChI=1S/C18H19NO5S/c1-12-9-19(10-16(24-12)18(21)22)17(20)13-4-2-5-14(8-13)23-11-15-6-3-7-25-15/h2-8,12,16H,9-11H2,1H3,(H,21,22)/t12-,16?/m1/s1. The van der Waals surface area contributed by atoms with Crippen molar-refractivity contribution in [2.45, 2.75) is 25.7 Å². The molecule has 2 heterocycles. The summed E-state index contributed by atoms with van der Waals surface area (Å²) in [5.41, 5.74) is 0.474. The summed E-state index contributed by atoms with van der Waals surface area (Å²) in [6, 6.07) is 10.9. The zero-order chi connectivity index (χ0) is 17.8. The summed E-state index contributed by atoms with van der Waals surface area (Å²) in [6.45, 7) is 2.61. The fourth-order valence-corrected chi connectivity index (χ4v) is 3.32. The molecule has 0 saturated carbocycles. The maximum absolute atomic E-state index is 12.7. The smallest absolute Gasteiger partial charge is 0.334 e. The number of nitrogens with zero attached hydrogens (tertiary/aromatic N) is 1. The van der Waals surface area contributed by atoms with Crippen molar-refractivity contribution in [2.24, 2.45) is 0 Å². The third-order valence-electron chi connectivity index (χ3n) is 3.87. The molecule has 1 aromatic carbocycles. The van der Waals surface area contributed by atoms with Crippen molar-refractivity contribution >= 4 is 23.2 Å². The van der Waals surface area contributed by atoms with E-state index >= 15 is 0 Å². The minimum Gasteiger partial charge on any atom is -0.488 e. The van der Waals surface area contributed by atoms with E-state index in [0.29, 0.717) is 24.5 Å². The van der Waals surface area contributed by atoms with Gasteiger partial charge in [0, 0.05) is 17.0 Å². The molecule has 7 heteroatoms. The summed E-state index contributed by atoms with van der Waals surface area (Å²) in [4.78, 5) is 26.5. The second-order valence-electron chi connectivity index (χ2n) is 5.88. The third kappa shape index (κ3) is 4.37. The number of morpholine rings is 1. The number of aliphatic carboxylic acids is 1. The van der Waals surface area contributed by atoms with Gasteiger partial charge in [0.15, 0.2) is 6.10 Å². The minimum absolute atomic E-state index is 0.0405. The molecule has 1 saturated heterocycles. The predicted octanol–water partition coefficient (Wildman–Crippen LogP) is 2.64. The van der Waals surface area contributed by atoms with Crippen LogP contribution in [0.25, 0.3) is 0 Å². The largest absolute Gasteiger partial charge is 0.488 e. The zero-order valence-corrected chi connectivity index (χ0v) is 14.6. The van der Waals surface area contributed by atoms with Gasteiger partial charge in [-0.1, -0.05) is 12.1 Å². The van der Waals surface area contributed by atoms with Crippen molar-refractivity contribution in [3.05, 3.63) is 52.2 Å². The lowest BCUT2D eigenvalue weighted by molar-refractivity contribution is -0.160. The van der Waals surface area contributed by atoms with Crippen molar-refractivity contribution < 1.29 is 24.2 Å². The molecule has 132 valence electrons. The van der Waals surface area contributed by atoms with Gasteiger partial charge in [-0.15, -0.1) is 11.3 Å². The van der Waals surface area contributed by atoms with Gasteiger partial charge in [0.05, 0.1) is 12.6 Å². The second kappa shape index (κ2) is 7.67. The number of amides is 1. The normalized spacial score (nSPS) is 20.3. The lowest BCUT2D eigenvalue weighted by Crippen LogP contribution is -2.51. The van der Waals surface area contributed by atoms with Gasteiger partial charge >= 0.3 is 5.97 Å². The number of benzene rings is 1. The molecule has 6 nitrogen and oxygen atoms in total. The molecule has 0 aliphatic carbocycles. The molecule has 2 atom stereocenters. The van der Waals surface area contributed by atoms with Crippen LogP contribution in [0.5, 0.6) is 5.75 Å². The Balaban J connectivity index is 1.69. The molecular weight excluding hydrogens is 342 g/mol. The Morgan fingerprint density at radius 2 is 2.16 bits per heavy atom. The van der Waals surface area contributed by atoms with Crippen LogP contribution < -0.4 is 4.74 Å². The molecule has 25 heavy (non-hydrogen) atoms. The van der Waals surface area contributed by atoms with E-state index in [1.54, 1.807) is 42.5 Å². The van der Waals surface area contributed by atoms with Crippen LogP contribution in [-0.2, 0) is 16.1 Å². The Morgan fingerprint density at radius 1 is 1.32 bits per heavy atom. The topological polar surface area (TPSA) is 76.1 Å². The van der Waals surface area contributed by atoms with Crippen LogP contribution in [0, 0.1) is 0 Å². The molecule has 1 aromatic heterocycles. The molecule has 2 aromatic rings. The van der Waals surface area contributed by atoms with E-state index in [2.05, 4.69) is 0 Å². The van der Waals surface area contributed by atoms with Crippen LogP contribution in [0.3, 0.4) is 0 Å². The molecule has 3 rings (SSSR count). The average molecular weight is 361 g/mol. The Kier molecular flexibility index (Phi) is 5.35. The molecule has 0 bridgehead atoms. The van der Waals surface area contributed by atoms with Gasteiger partial charge in [-0.25, -0.2) is 4.79 Å². The zero-order valence-electron chi connectivity index (χ0n) is 13.8. The lowest BCUT2D eigenvalue weighted by Gasteiger charge is -2.35. The third-order valence-corrected chi connectivity index (χ3v) is 4.72. The average Bonchev–Trinajstić information content (AvgIpc) is 3.12. The van der Waals surface area contributed by atoms with Crippen molar-refractivity contribution in [3.63, 3.8) is 0 Å². The molecule has 1 N–H and O–H groups in total. The molecule has 1 amide bonds. The number of ether oxygens (including phenoxy) is 2. The Hall–Kier alpha value is -2.38. The highest BCUT2D eigenvalue weighted by molar-refractivity contribution is 7.09. The molecule has 1 fully saturated rings. The Labute approximate surface area is 149 Å². The van der Waals surface area contributed by atoms with Gasteiger partial charge in [-0.3, -0.25) is 4.79 Å². The number of carbonyl (C=O) groups is 2. The van der Waals surface area contributed by atoms with E-state index in [1.807, 2.05) is 17.5 Å². The molecule has 1 aliphatic rings. The second-order valence-corrected chi connectivity index (χ2v) is 6.91. The monoisotopic (exact) mass is 361 g/mol. The summed E-state index contributed by atoms with van der Waals surface area (Å²) in [7, 11) is 0. The van der Waals surface area contributed by atoms with Crippen LogP contribution in [-0.4, -0.2) is 47.2 Å². The van der Waals surface area contributed by atoms with Crippen LogP contribution in [0.1, 0.15) is 22.2 Å². The van der Waals surface area contributed by atoms with E-state index in [4.69, 9.17) is 14.6 Å². The van der Waals surface area contributed by atoms with Crippen molar-refractivity contribution in [1.29, 1.82) is 0 Å². The van der Waals surface area contributed by atoms with E-state index in [0.717, 1.165) is 4.88 Å². The Morgan fingerprint density at radius 3 is 2.88 bits per heavy atom. The van der Waals surface area contributed by atoms with Crippen LogP contribution >= 0.6 is 11.3 Å². The van der Waals surface area contributed by atoms with Crippen LogP contribution in [0.2, 0.25) is 0 Å². The first-order chi connectivity index (χ1) is 12.0. The Bertz CT molecular complexity index is 746. The number of carbonyl (C=O) groups excluding carboxylic acids is 1. The van der Waals surface area contributed by atoms with E-state index in [1.165, 1.54) is 4.90 Å². The highest BCUT2D eigenvalue weighted by Gasteiger charge is 2.33. The number of carboxylic acid groups (broad SMARTS) is 1. The van der Waals surface area contributed by atoms with Gasteiger partial charge in [0.2, 0.25) is 0 Å². The minimum atomic E-state index is -1.06. The summed E-state index contributed by atoms with van der Waals surface area (Å²) >= 11 is 1.61. The number of carboxylic acids is 1. The highest BCUT2D eigenvalue weighted by Crippen LogP contribution is 2.20. The maximum Gasteiger partial charge on any atom is 0.334 e. The number of thiophene rings is 1. The van der Waals surface area contributed by atoms with E-state index in [9.17, 15) is 9.59 Å². The van der Waals surface area contributed by atoms with Crippen molar-refractivity contribution in [2.75, 3.05) is 13.1 Å². The van der Waals surface area contributed by atoms with Gasteiger partial charge in [-0.05, 0) is 36.6 Å². The number of hydrogen-bond acceptors (Lipinski definition) is 5. The van der Waals surface area contributed by atoms with Crippen molar-refractivity contribution in [3.8, 4) is 5.75 Å². The van der Waals surface area contributed by atoms with E-state index < -0.39 is 12.1 Å². The first-order valence-corrected chi connectivity index (χ1v) is 8.83. The summed E-state index contributed by atoms with van der Waals surface area (Å²) in [6.07, 6.45) is -1.32. The fourth-order valence-electron chi connectivity index (χ4n) is 2.70. The quantitative estimate of drug-likeness (QED) is 0.886. The summed E-state index contributed by atoms with van der Waals surface area (Å²) in [5.74, 6) is -0.671. The predicted molar refractivity (Wildman–Crippen MR) is 93.0 cm³/mol. The van der Waals surface area contributed by atoms with Crippen LogP contribution in [0.15, 0.2) is 41.8 Å². The van der Waals surface area contributed by atoms with Gasteiger partial charge in [-0.2, -0.15) is 0 Å². The molecule has 0 spiro atoms. The maximum atomic E-state index is 12.7. The molecule has 1 aliphatic heterocycles. The highest BCUT2D eigenvalue weighted by atomic mass is 32.1. The summed E-state index contributed by atoms with van der Waals surface area (Å²) in [5, 5.41) is 11.1. The van der Waals surface area contributed by atoms with Gasteiger partial charge in [0.1, 0.15) is 12.4 Å². The first-order valence-electron chi connectivity index (χ1n) is 7.95. The van der Waals surface area contributed by atoms with Gasteiger partial charge in [0.25, 0.3) is 5.91 Å². The van der Waals surface area contributed by atoms with Crippen LogP contribution in [0.4, 0.5) is 0 Å². The first kappa shape index (κ1) is 17.4. The van der Waals surface area contributed by atoms with Crippen molar-refractivity contribution in [1.82, 2.24) is 4.90 Å². The summed E-state index contributed by atoms with van der Waals surface area (Å²) < 4.78 is 11.1. The SMILES string of the molecule is C[C@@H]1CN(C(=O)c2cccc(OCc3cccs3)c2)CC(C(=O)O)O1. The molecule has 0 radical (unpaired) electrons. The number of rotatable bonds is 5. The lowest BCUT2D eigenvalue weighted by atomic mass is 10.1. The van der Waals surface area contributed by atoms with Gasteiger partial charge < -0.3 is 19.5 Å². The fraction of sp³-hybridized carbons (Fsp3) is 0.333. The molecular formula is C18H19NO5S. The molecule has 1 unspecified atom stereocenters. The van der Waals surface area contributed by atoms with E-state index in [-0.39, 0.29) is 18.6 Å².